The average molecular weight is 228 g/mol. The molecule has 14 heavy (non-hydrogen) atoms. The van der Waals surface area contributed by atoms with Crippen molar-refractivity contribution in [3.05, 3.63) is 24.0 Å². The molecular formula is C10H9FOS2. The minimum Gasteiger partial charge on any atom is -0.485 e. The molecule has 74 valence electrons. The number of halogens is 1. The van der Waals surface area contributed by atoms with Gasteiger partial charge in [0.05, 0.1) is 7.11 Å². The summed E-state index contributed by atoms with van der Waals surface area (Å²) in [5, 5.41) is 1.01. The highest BCUT2D eigenvalue weighted by atomic mass is 32.2. The Hall–Kier alpha value is -0.740. The van der Waals surface area contributed by atoms with Crippen LogP contribution in [0.3, 0.4) is 0 Å². The van der Waals surface area contributed by atoms with E-state index in [9.17, 15) is 4.39 Å². The van der Waals surface area contributed by atoms with Crippen LogP contribution in [0, 0.1) is 5.82 Å². The Balaban J connectivity index is 2.68. The number of ether oxygens (including phenoxy) is 1. The fraction of sp³-hybridized carbons (Fsp3) is 0.200. The van der Waals surface area contributed by atoms with Gasteiger partial charge in [-0.05, 0) is 24.5 Å². The van der Waals surface area contributed by atoms with Crippen LogP contribution in [0.4, 0.5) is 4.39 Å². The Morgan fingerprint density at radius 3 is 2.86 bits per heavy atom. The molecule has 0 spiro atoms. The molecule has 0 aliphatic carbocycles. The first-order chi connectivity index (χ1) is 6.76. The van der Waals surface area contributed by atoms with Gasteiger partial charge in [0.2, 0.25) is 5.06 Å². The highest BCUT2D eigenvalue weighted by Crippen LogP contribution is 2.37. The first kappa shape index (κ1) is 9.80. The lowest BCUT2D eigenvalue weighted by Gasteiger charge is -1.95. The van der Waals surface area contributed by atoms with Crippen molar-refractivity contribution >= 4 is 33.2 Å². The van der Waals surface area contributed by atoms with Crippen LogP contribution in [0.5, 0.6) is 5.06 Å². The molecule has 0 aliphatic rings. The third kappa shape index (κ3) is 1.48. The van der Waals surface area contributed by atoms with E-state index < -0.39 is 0 Å². The zero-order valence-corrected chi connectivity index (χ0v) is 9.47. The number of fused-ring (bicyclic) bond motifs is 1. The van der Waals surface area contributed by atoms with Gasteiger partial charge in [0.25, 0.3) is 0 Å². The maximum absolute atomic E-state index is 13.6. The van der Waals surface area contributed by atoms with Gasteiger partial charge >= 0.3 is 0 Å². The van der Waals surface area contributed by atoms with E-state index in [2.05, 4.69) is 0 Å². The maximum atomic E-state index is 13.6. The third-order valence-corrected chi connectivity index (χ3v) is 3.82. The SMILES string of the molecule is COc1sc2ccc(SC)cc2c1F. The highest BCUT2D eigenvalue weighted by Gasteiger charge is 2.12. The molecule has 0 atom stereocenters. The molecule has 0 saturated carbocycles. The number of hydrogen-bond donors (Lipinski definition) is 0. The quantitative estimate of drug-likeness (QED) is 0.724. The lowest BCUT2D eigenvalue weighted by molar-refractivity contribution is 0.402. The molecule has 2 aromatic rings. The second-order valence-corrected chi connectivity index (χ2v) is 4.66. The van der Waals surface area contributed by atoms with Crippen molar-refractivity contribution in [3.8, 4) is 5.06 Å². The molecule has 0 amide bonds. The summed E-state index contributed by atoms with van der Waals surface area (Å²) in [4.78, 5) is 1.07. The molecule has 0 fully saturated rings. The smallest absolute Gasteiger partial charge is 0.211 e. The first-order valence-electron chi connectivity index (χ1n) is 4.06. The van der Waals surface area contributed by atoms with Crippen LogP contribution in [0.1, 0.15) is 0 Å². The normalized spacial score (nSPS) is 10.8. The molecule has 0 saturated heterocycles. The average Bonchev–Trinajstić information content (AvgIpc) is 2.55. The summed E-state index contributed by atoms with van der Waals surface area (Å²) in [6.45, 7) is 0. The molecule has 1 aromatic heterocycles. The number of thiophene rings is 1. The summed E-state index contributed by atoms with van der Waals surface area (Å²) < 4.78 is 19.5. The van der Waals surface area contributed by atoms with Crippen molar-refractivity contribution in [2.45, 2.75) is 4.90 Å². The Kier molecular flexibility index (Phi) is 2.65. The van der Waals surface area contributed by atoms with Crippen LogP contribution in [0.2, 0.25) is 0 Å². The van der Waals surface area contributed by atoms with E-state index in [0.29, 0.717) is 10.4 Å². The molecule has 4 heteroatoms. The Bertz CT molecular complexity index is 464. The lowest BCUT2D eigenvalue weighted by Crippen LogP contribution is -1.80. The van der Waals surface area contributed by atoms with Crippen molar-refractivity contribution in [3.63, 3.8) is 0 Å². The number of benzene rings is 1. The maximum Gasteiger partial charge on any atom is 0.211 e. The number of methoxy groups -OCH3 is 1. The predicted octanol–water partition coefficient (Wildman–Crippen LogP) is 3.77. The number of hydrogen-bond acceptors (Lipinski definition) is 3. The zero-order chi connectivity index (χ0) is 10.1. The fourth-order valence-electron chi connectivity index (χ4n) is 1.28. The molecular weight excluding hydrogens is 219 g/mol. The minimum atomic E-state index is -0.247. The van der Waals surface area contributed by atoms with Gasteiger partial charge in [-0.2, -0.15) is 0 Å². The minimum absolute atomic E-state index is 0.247. The van der Waals surface area contributed by atoms with Crippen molar-refractivity contribution in [1.82, 2.24) is 0 Å². The summed E-state index contributed by atoms with van der Waals surface area (Å²) in [5.74, 6) is -0.247. The summed E-state index contributed by atoms with van der Waals surface area (Å²) in [6.07, 6.45) is 1.97. The van der Waals surface area contributed by atoms with E-state index in [-0.39, 0.29) is 5.82 Å². The summed E-state index contributed by atoms with van der Waals surface area (Å²) >= 11 is 2.94. The van der Waals surface area contributed by atoms with E-state index >= 15 is 0 Å². The molecule has 1 nitrogen and oxygen atoms in total. The second-order valence-electron chi connectivity index (χ2n) is 2.77. The van der Waals surface area contributed by atoms with Crippen LogP contribution in [0.15, 0.2) is 23.1 Å². The topological polar surface area (TPSA) is 9.23 Å². The van der Waals surface area contributed by atoms with Crippen molar-refractivity contribution in [2.75, 3.05) is 13.4 Å². The van der Waals surface area contributed by atoms with Crippen molar-refractivity contribution < 1.29 is 9.13 Å². The van der Waals surface area contributed by atoms with Gasteiger partial charge in [-0.15, -0.1) is 11.8 Å². The number of thioether (sulfide) groups is 1. The summed E-state index contributed by atoms with van der Waals surface area (Å²) in [7, 11) is 1.49. The third-order valence-electron chi connectivity index (χ3n) is 1.99. The molecule has 0 bridgehead atoms. The highest BCUT2D eigenvalue weighted by molar-refractivity contribution is 7.98. The van der Waals surface area contributed by atoms with E-state index in [1.807, 2.05) is 24.5 Å². The van der Waals surface area contributed by atoms with Gasteiger partial charge in [-0.25, -0.2) is 4.39 Å². The van der Waals surface area contributed by atoms with Gasteiger partial charge in [0, 0.05) is 15.0 Å². The molecule has 0 unspecified atom stereocenters. The van der Waals surface area contributed by atoms with Crippen molar-refractivity contribution in [1.29, 1.82) is 0 Å². The largest absolute Gasteiger partial charge is 0.485 e. The van der Waals surface area contributed by atoms with Gasteiger partial charge in [-0.3, -0.25) is 0 Å². The van der Waals surface area contributed by atoms with Crippen LogP contribution in [-0.4, -0.2) is 13.4 Å². The number of rotatable bonds is 2. The Morgan fingerprint density at radius 1 is 1.43 bits per heavy atom. The van der Waals surface area contributed by atoms with E-state index in [0.717, 1.165) is 9.60 Å². The Labute approximate surface area is 89.9 Å². The molecule has 1 aromatic carbocycles. The predicted molar refractivity (Wildman–Crippen MR) is 60.1 cm³/mol. The summed E-state index contributed by atoms with van der Waals surface area (Å²) in [5.41, 5.74) is 0. The van der Waals surface area contributed by atoms with Gasteiger partial charge in [0.15, 0.2) is 5.82 Å². The molecule has 2 rings (SSSR count). The molecule has 1 heterocycles. The van der Waals surface area contributed by atoms with Crippen LogP contribution in [-0.2, 0) is 0 Å². The fourth-order valence-corrected chi connectivity index (χ4v) is 2.60. The van der Waals surface area contributed by atoms with Crippen LogP contribution in [0.25, 0.3) is 10.1 Å². The van der Waals surface area contributed by atoms with E-state index in [4.69, 9.17) is 4.74 Å². The standard InChI is InChI=1S/C10H9FOS2/c1-12-10-9(11)7-5-6(13-2)3-4-8(7)14-10/h3-5H,1-2H3. The van der Waals surface area contributed by atoms with Gasteiger partial charge < -0.3 is 4.74 Å². The first-order valence-corrected chi connectivity index (χ1v) is 6.10. The van der Waals surface area contributed by atoms with E-state index in [1.54, 1.807) is 11.8 Å². The Morgan fingerprint density at radius 2 is 2.21 bits per heavy atom. The molecule has 0 N–H and O–H groups in total. The molecule has 0 radical (unpaired) electrons. The van der Waals surface area contributed by atoms with Crippen LogP contribution < -0.4 is 4.74 Å². The lowest BCUT2D eigenvalue weighted by atomic mass is 10.2. The van der Waals surface area contributed by atoms with Crippen LogP contribution >= 0.6 is 23.1 Å². The molecule has 0 aliphatic heterocycles. The zero-order valence-electron chi connectivity index (χ0n) is 7.83. The summed E-state index contributed by atoms with van der Waals surface area (Å²) in [6, 6.07) is 5.77. The second kappa shape index (κ2) is 3.79. The van der Waals surface area contributed by atoms with E-state index in [1.165, 1.54) is 18.4 Å². The monoisotopic (exact) mass is 228 g/mol. The van der Waals surface area contributed by atoms with Gasteiger partial charge in [0.1, 0.15) is 0 Å². The van der Waals surface area contributed by atoms with Crippen molar-refractivity contribution in [2.24, 2.45) is 0 Å². The van der Waals surface area contributed by atoms with Gasteiger partial charge in [-0.1, -0.05) is 11.3 Å².